The number of halogens is 3. The molecule has 9 heteroatoms. The molecule has 1 heterocycles. The van der Waals surface area contributed by atoms with Gasteiger partial charge in [0.05, 0.1) is 10.0 Å². The van der Waals surface area contributed by atoms with Crippen LogP contribution < -0.4 is 14.2 Å². The van der Waals surface area contributed by atoms with Gasteiger partial charge >= 0.3 is 0 Å². The number of hydrogen-bond donors (Lipinski definition) is 1. The summed E-state index contributed by atoms with van der Waals surface area (Å²) >= 11 is 11.8. The second-order valence-electron chi connectivity index (χ2n) is 5.30. The Bertz CT molecular complexity index is 905. The summed E-state index contributed by atoms with van der Waals surface area (Å²) in [6.45, 7) is 0.911. The lowest BCUT2D eigenvalue weighted by molar-refractivity contribution is 0.171. The standard InChI is InChI=1S/C16H14Cl2FNO4S/c17-11-2-1-3-14(15(11)19)25(21,22)20-5-4-10-8-12(18)16-13(9-10)23-6-7-24-16/h1-3,8-9,20H,4-7H2. The molecule has 0 bridgehead atoms. The van der Waals surface area contributed by atoms with Crippen molar-refractivity contribution in [2.45, 2.75) is 11.3 Å². The second kappa shape index (κ2) is 7.37. The van der Waals surface area contributed by atoms with Crippen LogP contribution in [-0.4, -0.2) is 28.2 Å². The van der Waals surface area contributed by atoms with Crippen molar-refractivity contribution in [1.29, 1.82) is 0 Å². The van der Waals surface area contributed by atoms with Crippen LogP contribution in [0.5, 0.6) is 11.5 Å². The van der Waals surface area contributed by atoms with E-state index in [0.717, 1.165) is 11.6 Å². The van der Waals surface area contributed by atoms with Gasteiger partial charge < -0.3 is 9.47 Å². The SMILES string of the molecule is O=S(=O)(NCCc1cc(Cl)c2c(c1)OCCO2)c1cccc(Cl)c1F. The lowest BCUT2D eigenvalue weighted by Crippen LogP contribution is -2.27. The molecule has 1 aliphatic heterocycles. The van der Waals surface area contributed by atoms with E-state index in [-0.39, 0.29) is 11.6 Å². The third kappa shape index (κ3) is 4.00. The quantitative estimate of drug-likeness (QED) is 0.827. The second-order valence-corrected chi connectivity index (χ2v) is 7.85. The average Bonchev–Trinajstić information content (AvgIpc) is 2.57. The summed E-state index contributed by atoms with van der Waals surface area (Å²) in [7, 11) is -4.01. The van der Waals surface area contributed by atoms with Crippen LogP contribution in [0.25, 0.3) is 0 Å². The maximum absolute atomic E-state index is 13.9. The van der Waals surface area contributed by atoms with Crippen LogP contribution in [-0.2, 0) is 16.4 Å². The van der Waals surface area contributed by atoms with Gasteiger partial charge in [-0.1, -0.05) is 29.3 Å². The van der Waals surface area contributed by atoms with Gasteiger partial charge in [0.25, 0.3) is 0 Å². The van der Waals surface area contributed by atoms with E-state index in [9.17, 15) is 12.8 Å². The molecule has 0 fully saturated rings. The van der Waals surface area contributed by atoms with E-state index in [0.29, 0.717) is 36.2 Å². The van der Waals surface area contributed by atoms with Crippen LogP contribution in [0.1, 0.15) is 5.56 Å². The van der Waals surface area contributed by atoms with Gasteiger partial charge in [-0.15, -0.1) is 0 Å². The van der Waals surface area contributed by atoms with Crippen molar-refractivity contribution < 1.29 is 22.3 Å². The van der Waals surface area contributed by atoms with Crippen LogP contribution in [0.15, 0.2) is 35.2 Å². The number of sulfonamides is 1. The monoisotopic (exact) mass is 405 g/mol. The lowest BCUT2D eigenvalue weighted by atomic mass is 10.1. The van der Waals surface area contributed by atoms with Crippen LogP contribution in [0.4, 0.5) is 4.39 Å². The summed E-state index contributed by atoms with van der Waals surface area (Å²) in [4.78, 5) is -0.486. The Balaban J connectivity index is 1.70. The Morgan fingerprint density at radius 2 is 1.88 bits per heavy atom. The van der Waals surface area contributed by atoms with Crippen molar-refractivity contribution in [3.8, 4) is 11.5 Å². The Hall–Kier alpha value is -1.54. The molecule has 0 aromatic heterocycles. The molecule has 3 rings (SSSR count). The molecule has 0 atom stereocenters. The van der Waals surface area contributed by atoms with Crippen molar-refractivity contribution in [2.24, 2.45) is 0 Å². The normalized spacial score (nSPS) is 13.7. The molecule has 0 radical (unpaired) electrons. The zero-order chi connectivity index (χ0) is 18.0. The molecule has 0 spiro atoms. The van der Waals surface area contributed by atoms with E-state index < -0.39 is 20.7 Å². The average molecular weight is 406 g/mol. The summed E-state index contributed by atoms with van der Waals surface area (Å²) in [5.74, 6) is 0.0368. The highest BCUT2D eigenvalue weighted by Crippen LogP contribution is 2.38. The molecule has 1 N–H and O–H groups in total. The van der Waals surface area contributed by atoms with Gasteiger partial charge in [-0.3, -0.25) is 0 Å². The zero-order valence-electron chi connectivity index (χ0n) is 12.9. The Morgan fingerprint density at radius 1 is 1.12 bits per heavy atom. The summed E-state index contributed by atoms with van der Waals surface area (Å²) in [6, 6.07) is 7.25. The number of fused-ring (bicyclic) bond motifs is 1. The molecule has 0 amide bonds. The molecule has 0 saturated carbocycles. The molecule has 0 saturated heterocycles. The molecular formula is C16H14Cl2FNO4S. The van der Waals surface area contributed by atoms with E-state index in [1.807, 2.05) is 0 Å². The zero-order valence-corrected chi connectivity index (χ0v) is 15.2. The van der Waals surface area contributed by atoms with Gasteiger partial charge in [0, 0.05) is 6.54 Å². The highest BCUT2D eigenvalue weighted by molar-refractivity contribution is 7.89. The first kappa shape index (κ1) is 18.3. The molecule has 25 heavy (non-hydrogen) atoms. The van der Waals surface area contributed by atoms with Gasteiger partial charge in [0.1, 0.15) is 18.1 Å². The molecule has 2 aromatic carbocycles. The van der Waals surface area contributed by atoms with Gasteiger partial charge in [-0.2, -0.15) is 0 Å². The fraction of sp³-hybridized carbons (Fsp3) is 0.250. The van der Waals surface area contributed by atoms with Crippen molar-refractivity contribution in [3.05, 3.63) is 51.8 Å². The van der Waals surface area contributed by atoms with E-state index in [2.05, 4.69) is 4.72 Å². The van der Waals surface area contributed by atoms with E-state index in [1.165, 1.54) is 12.1 Å². The number of hydrogen-bond acceptors (Lipinski definition) is 4. The molecule has 134 valence electrons. The Kier molecular flexibility index (Phi) is 5.38. The van der Waals surface area contributed by atoms with Gasteiger partial charge in [0.15, 0.2) is 17.3 Å². The van der Waals surface area contributed by atoms with Crippen LogP contribution in [0, 0.1) is 5.82 Å². The predicted molar refractivity (Wildman–Crippen MR) is 92.7 cm³/mol. The number of rotatable bonds is 5. The summed E-state index contributed by atoms with van der Waals surface area (Å²) < 4.78 is 51.6. The van der Waals surface area contributed by atoms with E-state index >= 15 is 0 Å². The third-order valence-corrected chi connectivity index (χ3v) is 5.62. The van der Waals surface area contributed by atoms with Gasteiger partial charge in [-0.05, 0) is 36.2 Å². The minimum Gasteiger partial charge on any atom is -0.486 e. The first-order chi connectivity index (χ1) is 11.9. The fourth-order valence-corrected chi connectivity index (χ4v) is 4.06. The predicted octanol–water partition coefficient (Wildman–Crippen LogP) is 3.42. The molecule has 0 unspecified atom stereocenters. The molecular weight excluding hydrogens is 392 g/mol. The van der Waals surface area contributed by atoms with Crippen molar-refractivity contribution in [3.63, 3.8) is 0 Å². The largest absolute Gasteiger partial charge is 0.486 e. The topological polar surface area (TPSA) is 64.6 Å². The van der Waals surface area contributed by atoms with Gasteiger partial charge in [0.2, 0.25) is 10.0 Å². The molecule has 1 aliphatic rings. The fourth-order valence-electron chi connectivity index (χ4n) is 2.41. The Morgan fingerprint density at radius 3 is 2.68 bits per heavy atom. The minimum absolute atomic E-state index is 0.0598. The smallest absolute Gasteiger partial charge is 0.243 e. The number of nitrogens with one attached hydrogen (secondary N) is 1. The Labute approximate surface area is 154 Å². The number of benzene rings is 2. The highest BCUT2D eigenvalue weighted by Gasteiger charge is 2.21. The van der Waals surface area contributed by atoms with Crippen LogP contribution in [0.2, 0.25) is 10.0 Å². The lowest BCUT2D eigenvalue weighted by Gasteiger charge is -2.20. The van der Waals surface area contributed by atoms with E-state index in [4.69, 9.17) is 32.7 Å². The highest BCUT2D eigenvalue weighted by atomic mass is 35.5. The molecule has 2 aromatic rings. The molecule has 0 aliphatic carbocycles. The number of ether oxygens (including phenoxy) is 2. The minimum atomic E-state index is -4.01. The first-order valence-corrected chi connectivity index (χ1v) is 9.64. The molecule has 5 nitrogen and oxygen atoms in total. The third-order valence-electron chi connectivity index (χ3n) is 3.57. The van der Waals surface area contributed by atoms with Crippen LogP contribution >= 0.6 is 23.2 Å². The van der Waals surface area contributed by atoms with Crippen LogP contribution in [0.3, 0.4) is 0 Å². The first-order valence-electron chi connectivity index (χ1n) is 7.40. The van der Waals surface area contributed by atoms with Gasteiger partial charge in [-0.25, -0.2) is 17.5 Å². The van der Waals surface area contributed by atoms with Crippen molar-refractivity contribution in [2.75, 3.05) is 19.8 Å². The summed E-state index contributed by atoms with van der Waals surface area (Å²) in [6.07, 6.45) is 0.345. The van der Waals surface area contributed by atoms with E-state index in [1.54, 1.807) is 12.1 Å². The van der Waals surface area contributed by atoms with Crippen molar-refractivity contribution >= 4 is 33.2 Å². The summed E-state index contributed by atoms with van der Waals surface area (Å²) in [5.41, 5.74) is 0.767. The summed E-state index contributed by atoms with van der Waals surface area (Å²) in [5, 5.41) is 0.150. The maximum atomic E-state index is 13.9. The maximum Gasteiger partial charge on any atom is 0.243 e. The van der Waals surface area contributed by atoms with Crippen molar-refractivity contribution in [1.82, 2.24) is 4.72 Å².